The molecule has 3 N–H and O–H groups in total. The van der Waals surface area contributed by atoms with Gasteiger partial charge in [-0.05, 0) is 12.8 Å². The number of nitrogens with one attached hydrogen (secondary N) is 1. The minimum Gasteiger partial charge on any atom is -0.452 e. The minimum absolute atomic E-state index is 0.0688. The third-order valence-corrected chi connectivity index (χ3v) is 4.31. The molecule has 0 aromatic rings. The molecule has 1 rings (SSSR count). The Kier molecular flexibility index (Phi) is 5.16. The van der Waals surface area contributed by atoms with E-state index in [4.69, 9.17) is 5.73 Å². The maximum absolute atomic E-state index is 11.9. The summed E-state index contributed by atoms with van der Waals surface area (Å²) in [5, 5.41) is 0. The van der Waals surface area contributed by atoms with Gasteiger partial charge in [0.25, 0.3) is 0 Å². The maximum atomic E-state index is 11.9. The first kappa shape index (κ1) is 14.2. The van der Waals surface area contributed by atoms with Crippen LogP contribution in [-0.2, 0) is 14.9 Å². The van der Waals surface area contributed by atoms with Gasteiger partial charge in [0.05, 0.1) is 7.11 Å². The number of rotatable bonds is 5. The molecule has 1 saturated carbocycles. The summed E-state index contributed by atoms with van der Waals surface area (Å²) in [6.45, 7) is 0.426. The first-order valence-corrected chi connectivity index (χ1v) is 7.03. The van der Waals surface area contributed by atoms with E-state index in [2.05, 4.69) is 4.74 Å². The molecule has 1 fully saturated rings. The van der Waals surface area contributed by atoms with Crippen LogP contribution in [0, 0.1) is 0 Å². The van der Waals surface area contributed by atoms with Gasteiger partial charge in [-0.25, -0.2) is 9.52 Å². The average Bonchev–Trinajstić information content (AvgIpc) is 2.77. The Labute approximate surface area is 101 Å². The molecule has 0 aromatic heterocycles. The van der Waals surface area contributed by atoms with E-state index in [1.54, 1.807) is 0 Å². The highest BCUT2D eigenvalue weighted by atomic mass is 32.2. The van der Waals surface area contributed by atoms with Crippen molar-refractivity contribution in [2.45, 2.75) is 31.7 Å². The van der Waals surface area contributed by atoms with Crippen LogP contribution in [0.3, 0.4) is 0 Å². The van der Waals surface area contributed by atoms with Gasteiger partial charge in [0.15, 0.2) is 0 Å². The Hall–Kier alpha value is -0.860. The highest BCUT2D eigenvalue weighted by Crippen LogP contribution is 2.24. The number of carbonyl (C=O) groups is 1. The molecule has 0 heterocycles. The number of amides is 1. The predicted molar refractivity (Wildman–Crippen MR) is 62.5 cm³/mol. The Morgan fingerprint density at radius 2 is 2.06 bits per heavy atom. The van der Waals surface area contributed by atoms with Crippen molar-refractivity contribution in [3.63, 3.8) is 0 Å². The summed E-state index contributed by atoms with van der Waals surface area (Å²) < 4.78 is 31.3. The molecule has 0 aliphatic heterocycles. The number of methoxy groups -OCH3 is 1. The first-order valence-electron chi connectivity index (χ1n) is 5.59. The number of nitrogens with two attached hydrogens (primary N) is 1. The van der Waals surface area contributed by atoms with Gasteiger partial charge in [-0.1, -0.05) is 12.8 Å². The maximum Gasteiger partial charge on any atom is 0.421 e. The van der Waals surface area contributed by atoms with Crippen LogP contribution < -0.4 is 10.5 Å². The summed E-state index contributed by atoms with van der Waals surface area (Å²) in [6.07, 6.45) is 2.63. The van der Waals surface area contributed by atoms with Crippen molar-refractivity contribution in [2.75, 3.05) is 20.2 Å². The quantitative estimate of drug-likeness (QED) is 0.716. The van der Waals surface area contributed by atoms with E-state index in [0.717, 1.165) is 32.8 Å². The molecule has 0 spiro atoms. The Morgan fingerprint density at radius 3 is 2.53 bits per heavy atom. The number of ether oxygens (including phenoxy) is 1. The van der Waals surface area contributed by atoms with Crippen molar-refractivity contribution in [3.05, 3.63) is 0 Å². The molecule has 0 bridgehead atoms. The van der Waals surface area contributed by atoms with Crippen molar-refractivity contribution in [2.24, 2.45) is 5.73 Å². The zero-order valence-electron chi connectivity index (χ0n) is 9.89. The molecule has 0 radical (unpaired) electrons. The van der Waals surface area contributed by atoms with Crippen LogP contribution in [0.1, 0.15) is 25.7 Å². The molecular weight excluding hydrogens is 246 g/mol. The van der Waals surface area contributed by atoms with Crippen LogP contribution in [0.5, 0.6) is 0 Å². The van der Waals surface area contributed by atoms with Crippen molar-refractivity contribution >= 4 is 16.3 Å². The Bertz CT molecular complexity index is 351. The second-order valence-electron chi connectivity index (χ2n) is 3.94. The average molecular weight is 265 g/mol. The van der Waals surface area contributed by atoms with Gasteiger partial charge in [-0.2, -0.15) is 12.7 Å². The molecule has 1 amide bonds. The SMILES string of the molecule is COC(=O)NS(=O)(=O)N(CCN)C1CCCC1. The van der Waals surface area contributed by atoms with Crippen LogP contribution in [-0.4, -0.2) is 45.1 Å². The monoisotopic (exact) mass is 265 g/mol. The largest absolute Gasteiger partial charge is 0.452 e. The number of nitrogens with zero attached hydrogens (tertiary/aromatic N) is 1. The summed E-state index contributed by atoms with van der Waals surface area (Å²) in [5.74, 6) is 0. The molecular formula is C9H19N3O4S. The molecule has 7 nitrogen and oxygen atoms in total. The molecule has 0 unspecified atom stereocenters. The zero-order chi connectivity index (χ0) is 12.9. The van der Waals surface area contributed by atoms with Crippen LogP contribution in [0.4, 0.5) is 4.79 Å². The van der Waals surface area contributed by atoms with E-state index in [1.165, 1.54) is 4.31 Å². The van der Waals surface area contributed by atoms with E-state index >= 15 is 0 Å². The lowest BCUT2D eigenvalue weighted by Crippen LogP contribution is -2.49. The van der Waals surface area contributed by atoms with Crippen LogP contribution in [0.15, 0.2) is 0 Å². The zero-order valence-corrected chi connectivity index (χ0v) is 10.7. The normalized spacial score (nSPS) is 17.4. The molecule has 8 heteroatoms. The molecule has 0 aromatic carbocycles. The number of carbonyl (C=O) groups excluding carboxylic acids is 1. The topological polar surface area (TPSA) is 102 Å². The van der Waals surface area contributed by atoms with E-state index in [-0.39, 0.29) is 19.1 Å². The predicted octanol–water partition coefficient (Wildman–Crippen LogP) is -0.209. The lowest BCUT2D eigenvalue weighted by atomic mass is 10.2. The van der Waals surface area contributed by atoms with Gasteiger partial charge in [0.2, 0.25) is 0 Å². The van der Waals surface area contributed by atoms with Crippen molar-refractivity contribution in [3.8, 4) is 0 Å². The molecule has 0 saturated heterocycles. The molecule has 1 aliphatic rings. The molecule has 0 atom stereocenters. The number of hydrogen-bond acceptors (Lipinski definition) is 5. The van der Waals surface area contributed by atoms with Crippen molar-refractivity contribution < 1.29 is 17.9 Å². The summed E-state index contributed by atoms with van der Waals surface area (Å²) in [4.78, 5) is 11.0. The first-order chi connectivity index (χ1) is 8.01. The van der Waals surface area contributed by atoms with Crippen LogP contribution in [0.25, 0.3) is 0 Å². The van der Waals surface area contributed by atoms with Crippen molar-refractivity contribution in [1.29, 1.82) is 0 Å². The van der Waals surface area contributed by atoms with Gasteiger partial charge in [-0.3, -0.25) is 0 Å². The second kappa shape index (κ2) is 6.18. The smallest absolute Gasteiger partial charge is 0.421 e. The Balaban J connectivity index is 2.77. The number of hydrogen-bond donors (Lipinski definition) is 2. The molecule has 17 heavy (non-hydrogen) atoms. The van der Waals surface area contributed by atoms with Crippen LogP contribution >= 0.6 is 0 Å². The van der Waals surface area contributed by atoms with E-state index in [0.29, 0.717) is 0 Å². The van der Waals surface area contributed by atoms with E-state index in [1.807, 2.05) is 4.72 Å². The lowest BCUT2D eigenvalue weighted by molar-refractivity contribution is 0.176. The fourth-order valence-electron chi connectivity index (χ4n) is 2.02. The third-order valence-electron chi connectivity index (χ3n) is 2.79. The fraction of sp³-hybridized carbons (Fsp3) is 0.889. The third kappa shape index (κ3) is 3.83. The molecule has 100 valence electrons. The van der Waals surface area contributed by atoms with E-state index in [9.17, 15) is 13.2 Å². The van der Waals surface area contributed by atoms with Crippen LogP contribution in [0.2, 0.25) is 0 Å². The van der Waals surface area contributed by atoms with Crippen molar-refractivity contribution in [1.82, 2.24) is 9.03 Å². The van der Waals surface area contributed by atoms with Gasteiger partial charge in [-0.15, -0.1) is 0 Å². The lowest BCUT2D eigenvalue weighted by Gasteiger charge is -2.26. The van der Waals surface area contributed by atoms with Gasteiger partial charge in [0.1, 0.15) is 0 Å². The minimum atomic E-state index is -3.85. The fourth-order valence-corrected chi connectivity index (χ4v) is 3.38. The summed E-state index contributed by atoms with van der Waals surface area (Å²) in [5.41, 5.74) is 5.41. The highest BCUT2D eigenvalue weighted by molar-refractivity contribution is 7.87. The summed E-state index contributed by atoms with van der Waals surface area (Å²) in [6, 6.07) is -0.0688. The summed E-state index contributed by atoms with van der Waals surface area (Å²) >= 11 is 0. The van der Waals surface area contributed by atoms with E-state index < -0.39 is 16.3 Å². The second-order valence-corrected chi connectivity index (χ2v) is 5.56. The standard InChI is InChI=1S/C9H19N3O4S/c1-16-9(13)11-17(14,15)12(7-6-10)8-4-2-3-5-8/h8H,2-7,10H2,1H3,(H,11,13). The Morgan fingerprint density at radius 1 is 1.47 bits per heavy atom. The highest BCUT2D eigenvalue weighted by Gasteiger charge is 2.32. The summed E-state index contributed by atoms with van der Waals surface area (Å²) in [7, 11) is -2.73. The van der Waals surface area contributed by atoms with Gasteiger partial charge < -0.3 is 10.5 Å². The van der Waals surface area contributed by atoms with Gasteiger partial charge >= 0.3 is 16.3 Å². The van der Waals surface area contributed by atoms with Gasteiger partial charge in [0, 0.05) is 19.1 Å². The molecule has 1 aliphatic carbocycles.